The number of hydrogen-bond donors (Lipinski definition) is 1. The summed E-state index contributed by atoms with van der Waals surface area (Å²) in [5.41, 5.74) is 0.628. The van der Waals surface area contributed by atoms with E-state index in [-0.39, 0.29) is 0 Å². The lowest BCUT2D eigenvalue weighted by atomic mass is 9.52. The van der Waals surface area contributed by atoms with Gasteiger partial charge in [-0.1, -0.05) is 0 Å². The van der Waals surface area contributed by atoms with Crippen LogP contribution in [0.2, 0.25) is 0 Å². The SMILES string of the molecule is CC1CNC(C2CC2)CN1C12CC3CC(CC(C3)C1)C2. The van der Waals surface area contributed by atoms with Gasteiger partial charge in [-0.05, 0) is 82.0 Å². The maximum Gasteiger partial charge on any atom is 0.0224 e. The lowest BCUT2D eigenvalue weighted by molar-refractivity contribution is -0.113. The monoisotopic (exact) mass is 274 g/mol. The first kappa shape index (κ1) is 12.5. The van der Waals surface area contributed by atoms with Crippen LogP contribution in [0.4, 0.5) is 0 Å². The van der Waals surface area contributed by atoms with Gasteiger partial charge in [0.1, 0.15) is 0 Å². The minimum Gasteiger partial charge on any atom is -0.311 e. The fourth-order valence-electron chi connectivity index (χ4n) is 6.78. The van der Waals surface area contributed by atoms with Gasteiger partial charge in [-0.2, -0.15) is 0 Å². The summed E-state index contributed by atoms with van der Waals surface area (Å²) in [6, 6.07) is 1.58. The molecule has 6 fully saturated rings. The van der Waals surface area contributed by atoms with Crippen LogP contribution in [-0.4, -0.2) is 35.6 Å². The molecule has 2 unspecified atom stereocenters. The van der Waals surface area contributed by atoms with Gasteiger partial charge in [-0.25, -0.2) is 0 Å². The number of nitrogens with zero attached hydrogens (tertiary/aromatic N) is 1. The molecule has 5 aliphatic carbocycles. The second-order valence-corrected chi connectivity index (χ2v) is 9.00. The minimum atomic E-state index is 0.628. The Kier molecular flexibility index (Phi) is 2.63. The van der Waals surface area contributed by atoms with Crippen molar-refractivity contribution in [2.45, 2.75) is 75.9 Å². The highest BCUT2D eigenvalue weighted by Gasteiger charge is 2.55. The zero-order valence-electron chi connectivity index (χ0n) is 13.0. The molecule has 1 saturated heterocycles. The maximum atomic E-state index is 3.85. The zero-order valence-corrected chi connectivity index (χ0v) is 13.0. The van der Waals surface area contributed by atoms with Crippen LogP contribution in [-0.2, 0) is 0 Å². The quantitative estimate of drug-likeness (QED) is 0.832. The molecule has 2 atom stereocenters. The summed E-state index contributed by atoms with van der Waals surface area (Å²) >= 11 is 0. The topological polar surface area (TPSA) is 15.3 Å². The predicted octanol–water partition coefficient (Wildman–Crippen LogP) is 3.03. The second kappa shape index (κ2) is 4.23. The van der Waals surface area contributed by atoms with Gasteiger partial charge in [0.15, 0.2) is 0 Å². The van der Waals surface area contributed by atoms with Gasteiger partial charge in [0.05, 0.1) is 0 Å². The van der Waals surface area contributed by atoms with Crippen molar-refractivity contribution in [1.82, 2.24) is 10.2 Å². The molecule has 6 aliphatic rings. The summed E-state index contributed by atoms with van der Waals surface area (Å²) < 4.78 is 0. The van der Waals surface area contributed by atoms with Crippen molar-refractivity contribution in [1.29, 1.82) is 0 Å². The Hall–Kier alpha value is -0.0800. The summed E-state index contributed by atoms with van der Waals surface area (Å²) in [5, 5.41) is 3.85. The van der Waals surface area contributed by atoms with E-state index in [1.165, 1.54) is 25.9 Å². The number of piperazine rings is 1. The Morgan fingerprint density at radius 3 is 2.10 bits per heavy atom. The molecule has 2 heteroatoms. The van der Waals surface area contributed by atoms with Crippen molar-refractivity contribution in [3.8, 4) is 0 Å². The van der Waals surface area contributed by atoms with Crippen LogP contribution >= 0.6 is 0 Å². The van der Waals surface area contributed by atoms with Gasteiger partial charge in [-0.3, -0.25) is 4.90 Å². The average Bonchev–Trinajstić information content (AvgIpc) is 3.21. The molecule has 2 nitrogen and oxygen atoms in total. The van der Waals surface area contributed by atoms with Crippen LogP contribution in [0.25, 0.3) is 0 Å². The Bertz CT molecular complexity index is 365. The molecule has 1 aliphatic heterocycles. The van der Waals surface area contributed by atoms with Crippen molar-refractivity contribution in [2.75, 3.05) is 13.1 Å². The second-order valence-electron chi connectivity index (χ2n) is 9.00. The van der Waals surface area contributed by atoms with E-state index in [2.05, 4.69) is 17.1 Å². The molecule has 1 N–H and O–H groups in total. The highest BCUT2D eigenvalue weighted by molar-refractivity contribution is 5.10. The van der Waals surface area contributed by atoms with Gasteiger partial charge < -0.3 is 5.32 Å². The molecule has 0 aromatic rings. The summed E-state index contributed by atoms with van der Waals surface area (Å²) in [6.07, 6.45) is 12.3. The summed E-state index contributed by atoms with van der Waals surface area (Å²) in [6.45, 7) is 5.08. The van der Waals surface area contributed by atoms with Crippen LogP contribution in [0.1, 0.15) is 58.3 Å². The van der Waals surface area contributed by atoms with E-state index in [9.17, 15) is 0 Å². The third kappa shape index (κ3) is 1.83. The normalized spacial score (nSPS) is 55.4. The Morgan fingerprint density at radius 1 is 0.950 bits per heavy atom. The summed E-state index contributed by atoms with van der Waals surface area (Å²) in [4.78, 5) is 3.01. The van der Waals surface area contributed by atoms with Gasteiger partial charge in [-0.15, -0.1) is 0 Å². The van der Waals surface area contributed by atoms with E-state index < -0.39 is 0 Å². The van der Waals surface area contributed by atoms with Crippen LogP contribution in [0.15, 0.2) is 0 Å². The van der Waals surface area contributed by atoms with E-state index in [0.717, 1.165) is 35.8 Å². The van der Waals surface area contributed by atoms with Crippen LogP contribution in [0.5, 0.6) is 0 Å². The van der Waals surface area contributed by atoms with E-state index in [4.69, 9.17) is 0 Å². The average molecular weight is 274 g/mol. The summed E-state index contributed by atoms with van der Waals surface area (Å²) in [5.74, 6) is 4.27. The van der Waals surface area contributed by atoms with Crippen molar-refractivity contribution < 1.29 is 0 Å². The van der Waals surface area contributed by atoms with Crippen LogP contribution in [0.3, 0.4) is 0 Å². The van der Waals surface area contributed by atoms with Crippen LogP contribution < -0.4 is 5.32 Å². The molecule has 5 saturated carbocycles. The number of nitrogens with one attached hydrogen (secondary N) is 1. The standard InChI is InChI=1S/C18H30N2/c1-12-10-19-17(16-2-3-16)11-20(12)18-7-13-4-14(8-18)6-15(5-13)9-18/h12-17,19H,2-11H2,1H3. The lowest BCUT2D eigenvalue weighted by Crippen LogP contribution is -2.68. The first-order chi connectivity index (χ1) is 9.72. The molecule has 1 heterocycles. The smallest absolute Gasteiger partial charge is 0.0224 e. The molecule has 20 heavy (non-hydrogen) atoms. The molecular weight excluding hydrogens is 244 g/mol. The third-order valence-corrected chi connectivity index (χ3v) is 7.41. The molecular formula is C18H30N2. The molecule has 6 rings (SSSR count). The first-order valence-corrected chi connectivity index (χ1v) is 9.22. The van der Waals surface area contributed by atoms with Gasteiger partial charge in [0, 0.05) is 30.7 Å². The molecule has 0 radical (unpaired) electrons. The van der Waals surface area contributed by atoms with E-state index in [0.29, 0.717) is 5.54 Å². The number of hydrogen-bond acceptors (Lipinski definition) is 2. The molecule has 4 bridgehead atoms. The molecule has 0 aromatic carbocycles. The van der Waals surface area contributed by atoms with Crippen molar-refractivity contribution in [3.63, 3.8) is 0 Å². The molecule has 0 spiro atoms. The largest absolute Gasteiger partial charge is 0.311 e. The van der Waals surface area contributed by atoms with Gasteiger partial charge in [0.25, 0.3) is 0 Å². The predicted molar refractivity (Wildman–Crippen MR) is 81.6 cm³/mol. The minimum absolute atomic E-state index is 0.628. The number of rotatable bonds is 2. The maximum absolute atomic E-state index is 3.85. The van der Waals surface area contributed by atoms with E-state index in [1.54, 1.807) is 38.5 Å². The van der Waals surface area contributed by atoms with E-state index >= 15 is 0 Å². The molecule has 112 valence electrons. The fraction of sp³-hybridized carbons (Fsp3) is 1.00. The lowest BCUT2D eigenvalue weighted by Gasteiger charge is -2.63. The van der Waals surface area contributed by atoms with Crippen LogP contribution in [0, 0.1) is 23.7 Å². The Morgan fingerprint density at radius 2 is 1.55 bits per heavy atom. The highest BCUT2D eigenvalue weighted by Crippen LogP contribution is 2.58. The first-order valence-electron chi connectivity index (χ1n) is 9.22. The Labute approximate surface area is 123 Å². The zero-order chi connectivity index (χ0) is 13.3. The Balaban J connectivity index is 1.42. The van der Waals surface area contributed by atoms with Gasteiger partial charge >= 0.3 is 0 Å². The highest BCUT2D eigenvalue weighted by atomic mass is 15.3. The van der Waals surface area contributed by atoms with Gasteiger partial charge in [0.2, 0.25) is 0 Å². The van der Waals surface area contributed by atoms with Crippen molar-refractivity contribution >= 4 is 0 Å². The summed E-state index contributed by atoms with van der Waals surface area (Å²) in [7, 11) is 0. The third-order valence-electron chi connectivity index (χ3n) is 7.41. The molecule has 0 aromatic heterocycles. The van der Waals surface area contributed by atoms with E-state index in [1.807, 2.05) is 0 Å². The fourth-order valence-corrected chi connectivity index (χ4v) is 6.78. The van der Waals surface area contributed by atoms with Crippen molar-refractivity contribution in [3.05, 3.63) is 0 Å². The van der Waals surface area contributed by atoms with Crippen molar-refractivity contribution in [2.24, 2.45) is 23.7 Å². The molecule has 0 amide bonds.